The number of carboxylic acids is 1. The molecule has 0 amide bonds. The summed E-state index contributed by atoms with van der Waals surface area (Å²) >= 11 is 5.96. The van der Waals surface area contributed by atoms with Crippen LogP contribution < -0.4 is 5.73 Å². The Morgan fingerprint density at radius 2 is 2.13 bits per heavy atom. The van der Waals surface area contributed by atoms with Gasteiger partial charge in [0.2, 0.25) is 0 Å². The summed E-state index contributed by atoms with van der Waals surface area (Å²) in [7, 11) is 0. The van der Waals surface area contributed by atoms with Gasteiger partial charge in [0.25, 0.3) is 0 Å². The molecule has 0 unspecified atom stereocenters. The predicted molar refractivity (Wildman–Crippen MR) is 60.0 cm³/mol. The van der Waals surface area contributed by atoms with Crippen molar-refractivity contribution in [2.45, 2.75) is 13.3 Å². The van der Waals surface area contributed by atoms with Crippen LogP contribution in [-0.4, -0.2) is 17.6 Å². The molecule has 0 aliphatic rings. The summed E-state index contributed by atoms with van der Waals surface area (Å²) < 4.78 is 0. The first-order chi connectivity index (χ1) is 6.99. The van der Waals surface area contributed by atoms with Crippen LogP contribution in [0.3, 0.4) is 0 Å². The molecule has 1 aromatic carbocycles. The van der Waals surface area contributed by atoms with Gasteiger partial charge in [0, 0.05) is 11.6 Å². The highest BCUT2D eigenvalue weighted by Crippen LogP contribution is 2.26. The minimum Gasteiger partial charge on any atom is -0.481 e. The van der Waals surface area contributed by atoms with E-state index in [0.29, 0.717) is 11.4 Å². The zero-order valence-corrected chi connectivity index (χ0v) is 9.29. The smallest absolute Gasteiger partial charge is 0.310 e. The molecule has 0 saturated heterocycles. The van der Waals surface area contributed by atoms with Crippen molar-refractivity contribution < 1.29 is 9.90 Å². The van der Waals surface area contributed by atoms with Gasteiger partial charge >= 0.3 is 5.97 Å². The lowest BCUT2D eigenvalue weighted by atomic mass is 9.84. The number of halogens is 1. The Balaban J connectivity index is 2.94. The SMILES string of the molecule is C[C@@](CN)(Cc1ccccc1Cl)C(=O)O. The van der Waals surface area contributed by atoms with Crippen LogP contribution in [0.5, 0.6) is 0 Å². The first-order valence-electron chi connectivity index (χ1n) is 4.66. The van der Waals surface area contributed by atoms with Crippen molar-refractivity contribution in [1.82, 2.24) is 0 Å². The number of hydrogen-bond donors (Lipinski definition) is 2. The van der Waals surface area contributed by atoms with Crippen molar-refractivity contribution >= 4 is 17.6 Å². The molecular formula is C11H14ClNO2. The van der Waals surface area contributed by atoms with Crippen LogP contribution in [0.25, 0.3) is 0 Å². The third-order valence-electron chi connectivity index (χ3n) is 2.51. The number of nitrogens with two attached hydrogens (primary N) is 1. The summed E-state index contributed by atoms with van der Waals surface area (Å²) in [5, 5.41) is 9.64. The Labute approximate surface area is 93.9 Å². The van der Waals surface area contributed by atoms with E-state index in [4.69, 9.17) is 22.4 Å². The summed E-state index contributed by atoms with van der Waals surface area (Å²) in [6.45, 7) is 1.71. The third-order valence-corrected chi connectivity index (χ3v) is 2.87. The molecule has 0 heterocycles. The van der Waals surface area contributed by atoms with Crippen LogP contribution in [0.2, 0.25) is 5.02 Å². The molecule has 0 bridgehead atoms. The van der Waals surface area contributed by atoms with E-state index in [-0.39, 0.29) is 6.54 Å². The molecule has 3 N–H and O–H groups in total. The van der Waals surface area contributed by atoms with Crippen LogP contribution in [0, 0.1) is 5.41 Å². The zero-order valence-electron chi connectivity index (χ0n) is 8.53. The quantitative estimate of drug-likeness (QED) is 0.826. The van der Waals surface area contributed by atoms with Gasteiger partial charge in [-0.15, -0.1) is 0 Å². The summed E-state index contributed by atoms with van der Waals surface area (Å²) in [6, 6.07) is 7.21. The lowest BCUT2D eigenvalue weighted by Crippen LogP contribution is -2.37. The molecule has 1 atom stereocenters. The van der Waals surface area contributed by atoms with Gasteiger partial charge in [-0.25, -0.2) is 0 Å². The molecule has 4 heteroatoms. The van der Waals surface area contributed by atoms with E-state index in [2.05, 4.69) is 0 Å². The molecule has 0 radical (unpaired) electrons. The summed E-state index contributed by atoms with van der Waals surface area (Å²) in [5.74, 6) is -0.898. The van der Waals surface area contributed by atoms with Gasteiger partial charge in [0.1, 0.15) is 0 Å². The molecule has 3 nitrogen and oxygen atoms in total. The number of carbonyl (C=O) groups is 1. The Morgan fingerprint density at radius 1 is 1.53 bits per heavy atom. The van der Waals surface area contributed by atoms with Crippen molar-refractivity contribution in [1.29, 1.82) is 0 Å². The Kier molecular flexibility index (Phi) is 3.72. The molecule has 1 aromatic rings. The van der Waals surface area contributed by atoms with Gasteiger partial charge in [-0.05, 0) is 25.0 Å². The monoisotopic (exact) mass is 227 g/mol. The zero-order chi connectivity index (χ0) is 11.5. The average molecular weight is 228 g/mol. The van der Waals surface area contributed by atoms with Gasteiger partial charge in [-0.3, -0.25) is 4.79 Å². The normalized spacial score (nSPS) is 14.6. The van der Waals surface area contributed by atoms with E-state index in [9.17, 15) is 4.79 Å². The average Bonchev–Trinajstić information content (AvgIpc) is 2.21. The highest BCUT2D eigenvalue weighted by Gasteiger charge is 2.32. The maximum atomic E-state index is 11.0. The molecular weight excluding hydrogens is 214 g/mol. The van der Waals surface area contributed by atoms with E-state index in [1.807, 2.05) is 18.2 Å². The second-order valence-electron chi connectivity index (χ2n) is 3.84. The third kappa shape index (κ3) is 2.70. The topological polar surface area (TPSA) is 63.3 Å². The molecule has 15 heavy (non-hydrogen) atoms. The van der Waals surface area contributed by atoms with Gasteiger partial charge < -0.3 is 10.8 Å². The van der Waals surface area contributed by atoms with Crippen LogP contribution in [0.15, 0.2) is 24.3 Å². The molecule has 1 rings (SSSR count). The minimum atomic E-state index is -0.953. The highest BCUT2D eigenvalue weighted by molar-refractivity contribution is 6.31. The molecule has 0 fully saturated rings. The van der Waals surface area contributed by atoms with Crippen molar-refractivity contribution in [2.75, 3.05) is 6.54 Å². The number of benzene rings is 1. The van der Waals surface area contributed by atoms with Gasteiger partial charge in [-0.2, -0.15) is 0 Å². The molecule has 0 aliphatic heterocycles. The highest BCUT2D eigenvalue weighted by atomic mass is 35.5. The largest absolute Gasteiger partial charge is 0.481 e. The molecule has 0 aliphatic carbocycles. The summed E-state index contributed by atoms with van der Waals surface area (Å²) in [5.41, 5.74) is 5.34. The molecule has 0 saturated carbocycles. The second-order valence-corrected chi connectivity index (χ2v) is 4.25. The van der Waals surface area contributed by atoms with Crippen molar-refractivity contribution in [3.8, 4) is 0 Å². The van der Waals surface area contributed by atoms with Crippen LogP contribution in [0.4, 0.5) is 0 Å². The van der Waals surface area contributed by atoms with Crippen LogP contribution >= 0.6 is 11.6 Å². The van der Waals surface area contributed by atoms with Crippen molar-refractivity contribution in [3.05, 3.63) is 34.9 Å². The van der Waals surface area contributed by atoms with E-state index in [1.54, 1.807) is 13.0 Å². The minimum absolute atomic E-state index is 0.0908. The van der Waals surface area contributed by atoms with Crippen molar-refractivity contribution in [2.24, 2.45) is 11.1 Å². The first-order valence-corrected chi connectivity index (χ1v) is 5.04. The van der Waals surface area contributed by atoms with E-state index in [0.717, 1.165) is 5.56 Å². The number of aliphatic carboxylic acids is 1. The van der Waals surface area contributed by atoms with Gasteiger partial charge in [0.15, 0.2) is 0 Å². The van der Waals surface area contributed by atoms with E-state index >= 15 is 0 Å². The fourth-order valence-corrected chi connectivity index (χ4v) is 1.50. The van der Waals surface area contributed by atoms with Crippen molar-refractivity contribution in [3.63, 3.8) is 0 Å². The van der Waals surface area contributed by atoms with Gasteiger partial charge in [0.05, 0.1) is 5.41 Å². The van der Waals surface area contributed by atoms with E-state index < -0.39 is 11.4 Å². The fourth-order valence-electron chi connectivity index (χ4n) is 1.30. The molecule has 82 valence electrons. The number of carboxylic acid groups (broad SMARTS) is 1. The summed E-state index contributed by atoms with van der Waals surface area (Å²) in [6.07, 6.45) is 0.346. The second kappa shape index (κ2) is 4.64. The fraction of sp³-hybridized carbons (Fsp3) is 0.364. The molecule has 0 aromatic heterocycles. The standard InChI is InChI=1S/C11H14ClNO2/c1-11(7-13,10(14)15)6-8-4-2-3-5-9(8)12/h2-5H,6-7,13H2,1H3,(H,14,15)/t11-/m0/s1. The van der Waals surface area contributed by atoms with Crippen LogP contribution in [0.1, 0.15) is 12.5 Å². The van der Waals surface area contributed by atoms with Gasteiger partial charge in [-0.1, -0.05) is 29.8 Å². The van der Waals surface area contributed by atoms with E-state index in [1.165, 1.54) is 0 Å². The number of hydrogen-bond acceptors (Lipinski definition) is 2. The number of rotatable bonds is 4. The lowest BCUT2D eigenvalue weighted by Gasteiger charge is -2.23. The van der Waals surface area contributed by atoms with Crippen LogP contribution in [-0.2, 0) is 11.2 Å². The predicted octanol–water partition coefficient (Wildman–Crippen LogP) is 1.93. The Morgan fingerprint density at radius 3 is 2.60 bits per heavy atom. The maximum Gasteiger partial charge on any atom is 0.310 e. The lowest BCUT2D eigenvalue weighted by molar-refractivity contribution is -0.147. The first kappa shape index (κ1) is 12.0. The maximum absolute atomic E-state index is 11.0. The summed E-state index contributed by atoms with van der Waals surface area (Å²) in [4.78, 5) is 11.0. The Bertz CT molecular complexity index is 367. The Hall–Kier alpha value is -1.06. The molecule has 0 spiro atoms.